The third-order valence-corrected chi connectivity index (χ3v) is 5.74. The van der Waals surface area contributed by atoms with Gasteiger partial charge in [0.05, 0.1) is 11.8 Å². The predicted molar refractivity (Wildman–Crippen MR) is 112 cm³/mol. The van der Waals surface area contributed by atoms with Crippen molar-refractivity contribution in [3.05, 3.63) is 52.9 Å². The van der Waals surface area contributed by atoms with Crippen LogP contribution in [0.3, 0.4) is 0 Å². The number of amides is 3. The molecule has 0 radical (unpaired) electrons. The zero-order valence-corrected chi connectivity index (χ0v) is 17.0. The highest BCUT2D eigenvalue weighted by molar-refractivity contribution is 6.10. The Morgan fingerprint density at radius 1 is 1.07 bits per heavy atom. The Labute approximate surface area is 173 Å². The van der Waals surface area contributed by atoms with Gasteiger partial charge in [-0.15, -0.1) is 0 Å². The maximum absolute atomic E-state index is 13.2. The van der Waals surface area contributed by atoms with Crippen molar-refractivity contribution in [3.8, 4) is 0 Å². The molecule has 3 atom stereocenters. The molecule has 2 heterocycles. The summed E-state index contributed by atoms with van der Waals surface area (Å²) >= 11 is 0. The lowest BCUT2D eigenvalue weighted by Crippen LogP contribution is -2.48. The quantitative estimate of drug-likeness (QED) is 0.466. The fourth-order valence-electron chi connectivity index (χ4n) is 4.28. The topological polar surface area (TPSA) is 96.7 Å². The molecule has 1 aliphatic carbocycles. The highest BCUT2D eigenvalue weighted by atomic mass is 16.4. The molecule has 7 heteroatoms. The number of rotatable bonds is 5. The van der Waals surface area contributed by atoms with Crippen LogP contribution in [0.5, 0.6) is 0 Å². The van der Waals surface area contributed by atoms with E-state index >= 15 is 0 Å². The predicted octanol–water partition coefficient (Wildman–Crippen LogP) is 3.10. The van der Waals surface area contributed by atoms with Crippen LogP contribution in [-0.4, -0.2) is 28.7 Å². The molecule has 7 nitrogen and oxygen atoms in total. The number of imide groups is 1. The van der Waals surface area contributed by atoms with E-state index in [1.165, 1.54) is 11.0 Å². The first-order valence-corrected chi connectivity index (χ1v) is 10.2. The number of hydrogen-bond acceptors (Lipinski definition) is 5. The minimum Gasteiger partial charge on any atom is -0.423 e. The lowest BCUT2D eigenvalue weighted by molar-refractivity contribution is -0.147. The van der Waals surface area contributed by atoms with Gasteiger partial charge in [-0.1, -0.05) is 26.0 Å². The summed E-state index contributed by atoms with van der Waals surface area (Å²) in [5.74, 6) is -1.52. The lowest BCUT2D eigenvalue weighted by atomic mass is 9.85. The molecule has 1 saturated heterocycles. The molecule has 3 amide bonds. The van der Waals surface area contributed by atoms with E-state index in [9.17, 15) is 19.2 Å². The van der Waals surface area contributed by atoms with Gasteiger partial charge in [0, 0.05) is 17.1 Å². The maximum atomic E-state index is 13.2. The third-order valence-electron chi connectivity index (χ3n) is 5.74. The number of carbonyl (C=O) groups excluding carboxylic acids is 3. The molecule has 0 saturated carbocycles. The van der Waals surface area contributed by atoms with Gasteiger partial charge in [0.15, 0.2) is 0 Å². The fourth-order valence-corrected chi connectivity index (χ4v) is 4.28. The molecule has 2 aromatic rings. The first-order chi connectivity index (χ1) is 14.3. The molecule has 1 fully saturated rings. The lowest BCUT2D eigenvalue weighted by Gasteiger charge is -2.27. The Balaban J connectivity index is 1.60. The Kier molecular flexibility index (Phi) is 5.28. The summed E-state index contributed by atoms with van der Waals surface area (Å²) in [5, 5.41) is 3.50. The van der Waals surface area contributed by atoms with E-state index in [0.29, 0.717) is 35.9 Å². The van der Waals surface area contributed by atoms with Crippen molar-refractivity contribution in [1.82, 2.24) is 4.90 Å². The highest BCUT2D eigenvalue weighted by Crippen LogP contribution is 2.37. The fraction of sp³-hybridized carbons (Fsp3) is 0.391. The average molecular weight is 408 g/mol. The van der Waals surface area contributed by atoms with Gasteiger partial charge in [0.2, 0.25) is 17.7 Å². The van der Waals surface area contributed by atoms with Gasteiger partial charge in [-0.05, 0) is 49.4 Å². The Morgan fingerprint density at radius 3 is 2.37 bits per heavy atom. The minimum absolute atomic E-state index is 0.119. The summed E-state index contributed by atoms with van der Waals surface area (Å²) in [6, 6.07) is 7.00. The molecule has 1 aromatic heterocycles. The van der Waals surface area contributed by atoms with E-state index in [-0.39, 0.29) is 29.6 Å². The largest absolute Gasteiger partial charge is 0.423 e. The van der Waals surface area contributed by atoms with Crippen molar-refractivity contribution in [2.75, 3.05) is 5.32 Å². The standard InChI is InChI=1S/C23H24N2O5/c1-13(2)11-18(25-22(28)16-5-3-4-6-17(16)23(25)29)21(27)24-15-8-9-19-14(12-15)7-10-20(26)30-19/h3-4,7-10,12-13,16-18H,5-6,11H2,1-2H3,(H,24,27)/t16-,17-,18+/m0/s1. The summed E-state index contributed by atoms with van der Waals surface area (Å²) in [5.41, 5.74) is 0.479. The third kappa shape index (κ3) is 3.67. The van der Waals surface area contributed by atoms with E-state index in [1.807, 2.05) is 26.0 Å². The van der Waals surface area contributed by atoms with Crippen molar-refractivity contribution >= 4 is 34.4 Å². The van der Waals surface area contributed by atoms with E-state index in [0.717, 1.165) is 0 Å². The molecule has 1 N–H and O–H groups in total. The molecular weight excluding hydrogens is 384 g/mol. The summed E-state index contributed by atoms with van der Waals surface area (Å²) in [6.45, 7) is 3.91. The normalized spacial score (nSPS) is 21.9. The number of carbonyl (C=O) groups is 3. The van der Waals surface area contributed by atoms with Crippen LogP contribution in [0, 0.1) is 17.8 Å². The van der Waals surface area contributed by atoms with Gasteiger partial charge in [0.25, 0.3) is 0 Å². The monoisotopic (exact) mass is 408 g/mol. The van der Waals surface area contributed by atoms with Crippen LogP contribution in [0.1, 0.15) is 33.1 Å². The van der Waals surface area contributed by atoms with E-state index in [2.05, 4.69) is 5.32 Å². The summed E-state index contributed by atoms with van der Waals surface area (Å²) in [7, 11) is 0. The van der Waals surface area contributed by atoms with Crippen molar-refractivity contribution in [2.24, 2.45) is 17.8 Å². The number of hydrogen-bond donors (Lipinski definition) is 1. The second-order valence-electron chi connectivity index (χ2n) is 8.34. The van der Waals surface area contributed by atoms with Gasteiger partial charge in [0.1, 0.15) is 11.6 Å². The number of anilines is 1. The van der Waals surface area contributed by atoms with Crippen LogP contribution in [0.25, 0.3) is 11.0 Å². The van der Waals surface area contributed by atoms with Gasteiger partial charge in [-0.25, -0.2) is 4.79 Å². The first-order valence-electron chi connectivity index (χ1n) is 10.2. The minimum atomic E-state index is -0.861. The van der Waals surface area contributed by atoms with Gasteiger partial charge < -0.3 is 9.73 Å². The second-order valence-corrected chi connectivity index (χ2v) is 8.34. The molecular formula is C23H24N2O5. The molecule has 1 aliphatic heterocycles. The Bertz CT molecular complexity index is 1070. The number of likely N-dealkylation sites (tertiary alicyclic amines) is 1. The maximum Gasteiger partial charge on any atom is 0.336 e. The zero-order valence-electron chi connectivity index (χ0n) is 17.0. The molecule has 0 spiro atoms. The highest BCUT2D eigenvalue weighted by Gasteiger charge is 2.51. The van der Waals surface area contributed by atoms with Gasteiger partial charge in [-0.3, -0.25) is 19.3 Å². The number of allylic oxidation sites excluding steroid dienone is 2. The second kappa shape index (κ2) is 7.89. The molecule has 1 aromatic carbocycles. The van der Waals surface area contributed by atoms with Crippen LogP contribution in [0.15, 0.2) is 51.7 Å². The first kappa shape index (κ1) is 20.1. The van der Waals surface area contributed by atoms with Crippen molar-refractivity contribution in [3.63, 3.8) is 0 Å². The molecule has 30 heavy (non-hydrogen) atoms. The number of nitrogens with zero attached hydrogens (tertiary/aromatic N) is 1. The Hall–Kier alpha value is -3.22. The zero-order chi connectivity index (χ0) is 21.4. The van der Waals surface area contributed by atoms with Crippen LogP contribution >= 0.6 is 0 Å². The molecule has 0 unspecified atom stereocenters. The number of benzene rings is 1. The average Bonchev–Trinajstić information content (AvgIpc) is 2.97. The van der Waals surface area contributed by atoms with Crippen LogP contribution in [0.4, 0.5) is 5.69 Å². The van der Waals surface area contributed by atoms with E-state index in [4.69, 9.17) is 4.42 Å². The van der Waals surface area contributed by atoms with Crippen molar-refractivity contribution < 1.29 is 18.8 Å². The summed E-state index contributed by atoms with van der Waals surface area (Å²) in [6.07, 6.45) is 5.33. The Morgan fingerprint density at radius 2 is 1.73 bits per heavy atom. The molecule has 4 rings (SSSR count). The van der Waals surface area contributed by atoms with Gasteiger partial charge in [-0.2, -0.15) is 0 Å². The molecule has 0 bridgehead atoms. The van der Waals surface area contributed by atoms with Crippen LogP contribution in [-0.2, 0) is 14.4 Å². The SMILES string of the molecule is CC(C)C[C@H](C(=O)Nc1ccc2oc(=O)ccc2c1)N1C(=O)[C@H]2CC=CC[C@@H]2C1=O. The van der Waals surface area contributed by atoms with Crippen molar-refractivity contribution in [2.45, 2.75) is 39.2 Å². The summed E-state index contributed by atoms with van der Waals surface area (Å²) < 4.78 is 5.11. The van der Waals surface area contributed by atoms with Crippen LogP contribution < -0.4 is 10.9 Å². The van der Waals surface area contributed by atoms with Crippen LogP contribution in [0.2, 0.25) is 0 Å². The van der Waals surface area contributed by atoms with E-state index in [1.54, 1.807) is 24.3 Å². The van der Waals surface area contributed by atoms with E-state index < -0.39 is 17.6 Å². The molecule has 156 valence electrons. The van der Waals surface area contributed by atoms with Crippen molar-refractivity contribution in [1.29, 1.82) is 0 Å². The molecule has 2 aliphatic rings. The number of nitrogens with one attached hydrogen (secondary N) is 1. The van der Waals surface area contributed by atoms with Gasteiger partial charge >= 0.3 is 5.63 Å². The number of fused-ring (bicyclic) bond motifs is 2. The smallest absolute Gasteiger partial charge is 0.336 e. The summed E-state index contributed by atoms with van der Waals surface area (Å²) in [4.78, 5) is 51.7.